The van der Waals surface area contributed by atoms with Crippen LogP contribution in [-0.4, -0.2) is 0 Å². The molecular formula is H12Fe4S4+4. The second-order valence-corrected chi connectivity index (χ2v) is 0. The summed E-state index contributed by atoms with van der Waals surface area (Å²) in [7, 11) is 0. The molecule has 0 aromatic rings. The van der Waals surface area contributed by atoms with Crippen LogP contribution in [0.1, 0.15) is 0 Å². The molecule has 0 nitrogen and oxygen atoms in total. The molecule has 8 heavy (non-hydrogen) atoms. The second-order valence-electron chi connectivity index (χ2n) is 0. The topological polar surface area (TPSA) is 0 Å². The van der Waals surface area contributed by atoms with Gasteiger partial charge in [-0.1, -0.05) is 54.0 Å². The van der Waals surface area contributed by atoms with E-state index in [2.05, 4.69) is 0 Å². The van der Waals surface area contributed by atoms with Crippen molar-refractivity contribution in [3.05, 3.63) is 0 Å². The van der Waals surface area contributed by atoms with Crippen molar-refractivity contribution in [2.75, 3.05) is 0 Å². The van der Waals surface area contributed by atoms with Crippen molar-refractivity contribution in [2.45, 2.75) is 0 Å². The predicted octanol–water partition coefficient (Wildman–Crippen LogP) is -3.23. The number of hydrogen-bond donors (Lipinski definition) is 0. The van der Waals surface area contributed by atoms with E-state index in [-0.39, 0.29) is 122 Å². The van der Waals surface area contributed by atoms with Crippen LogP contribution in [0.4, 0.5) is 0 Å². The fourth-order valence-corrected chi connectivity index (χ4v) is 0. The van der Waals surface area contributed by atoms with Crippen LogP contribution >= 0.6 is 0 Å². The molecule has 0 fully saturated rings. The van der Waals surface area contributed by atoms with E-state index in [1.165, 1.54) is 0 Å². The fourth-order valence-electron chi connectivity index (χ4n) is 0. The van der Waals surface area contributed by atoms with E-state index < -0.39 is 0 Å². The third-order valence-electron chi connectivity index (χ3n) is 0. The van der Waals surface area contributed by atoms with E-state index in [0.29, 0.717) is 0 Å². The van der Waals surface area contributed by atoms with Crippen LogP contribution in [0, 0.1) is 0 Å². The quantitative estimate of drug-likeness (QED) is 0.314. The molecule has 0 atom stereocenters. The van der Waals surface area contributed by atoms with Crippen molar-refractivity contribution in [3.8, 4) is 0 Å². The molecule has 0 heterocycles. The Kier molecular flexibility index (Phi) is 1010. The van der Waals surface area contributed by atoms with Gasteiger partial charge in [0.15, 0.2) is 0 Å². The van der Waals surface area contributed by atoms with Gasteiger partial charge >= 0.3 is 0 Å². The molecule has 0 aliphatic rings. The molecule has 0 aromatic heterocycles. The maximum Gasteiger partial charge on any atom is 0 e. The molecule has 0 aromatic carbocycles. The first-order valence-electron chi connectivity index (χ1n) is 0. The van der Waals surface area contributed by atoms with Gasteiger partial charge in [0, 0.05) is 68.3 Å². The molecule has 0 radical (unpaired) electrons. The van der Waals surface area contributed by atoms with E-state index >= 15 is 0 Å². The van der Waals surface area contributed by atoms with Crippen molar-refractivity contribution in [3.63, 3.8) is 0 Å². The molecule has 0 saturated heterocycles. The van der Waals surface area contributed by atoms with Gasteiger partial charge in [0.2, 0.25) is 0 Å². The third kappa shape index (κ3) is 56.3. The smallest absolute Gasteiger partial charge is 0 e. The van der Waals surface area contributed by atoms with Gasteiger partial charge in [0.05, 0.1) is 0 Å². The summed E-state index contributed by atoms with van der Waals surface area (Å²) >= 11 is 0. The van der Waals surface area contributed by atoms with E-state index in [1.807, 2.05) is 0 Å². The molecule has 0 rings (SSSR count). The number of rotatable bonds is 0. The molecule has 0 N–H and O–H groups in total. The number of hydrogen-bond acceptors (Lipinski definition) is 0. The molecule has 8 heteroatoms. The van der Waals surface area contributed by atoms with Crippen molar-refractivity contribution < 1.29 is 68.3 Å². The van der Waals surface area contributed by atoms with Crippen LogP contribution in [0.25, 0.3) is 0 Å². The van der Waals surface area contributed by atoms with E-state index in [4.69, 9.17) is 0 Å². The minimum atomic E-state index is 0. The summed E-state index contributed by atoms with van der Waals surface area (Å²) in [6.45, 7) is 0. The Bertz CT molecular complexity index is 8.00. The zero-order valence-electron chi connectivity index (χ0n) is 3.72. The second kappa shape index (κ2) is 77.8. The zero-order chi connectivity index (χ0) is 0. The molecule has 0 spiro atoms. The SMILES string of the molecule is [Fe].[Fe].[Fe].[Fe].[SH3+].[SH3+].[SH3+].[SH3+]. The maximum absolute atomic E-state index is 0. The summed E-state index contributed by atoms with van der Waals surface area (Å²) < 4.78 is 0. The Morgan fingerprint density at radius 1 is 0.250 bits per heavy atom. The standard InChI is InChI=1S/4Fe.4H2S/h;;;;4*1H2/p+4. The summed E-state index contributed by atoms with van der Waals surface area (Å²) in [6.07, 6.45) is 0. The van der Waals surface area contributed by atoms with Crippen LogP contribution < -0.4 is 0 Å². The van der Waals surface area contributed by atoms with Crippen molar-refractivity contribution in [1.82, 2.24) is 0 Å². The van der Waals surface area contributed by atoms with E-state index in [1.54, 1.807) is 0 Å². The average Bonchev–Trinajstić information content (AvgIpc) is 0. The normalized spacial score (nSPS) is 0. The molecule has 0 aliphatic carbocycles. The predicted molar refractivity (Wildman–Crippen MR) is 46.2 cm³/mol. The van der Waals surface area contributed by atoms with Gasteiger partial charge in [0.25, 0.3) is 0 Å². The van der Waals surface area contributed by atoms with Crippen molar-refractivity contribution >= 4 is 54.0 Å². The van der Waals surface area contributed by atoms with Gasteiger partial charge in [-0.05, 0) is 0 Å². The Hall–Kier alpha value is 3.48. The molecule has 0 saturated carbocycles. The van der Waals surface area contributed by atoms with Gasteiger partial charge in [-0.25, -0.2) is 0 Å². The van der Waals surface area contributed by atoms with Crippen molar-refractivity contribution in [1.29, 1.82) is 0 Å². The molecule has 0 aliphatic heterocycles. The Morgan fingerprint density at radius 2 is 0.250 bits per heavy atom. The summed E-state index contributed by atoms with van der Waals surface area (Å²) in [5.41, 5.74) is 0. The van der Waals surface area contributed by atoms with E-state index in [9.17, 15) is 0 Å². The minimum absolute atomic E-state index is 0. The van der Waals surface area contributed by atoms with Crippen LogP contribution in [-0.2, 0) is 122 Å². The average molecular weight is 364 g/mol. The third-order valence-corrected chi connectivity index (χ3v) is 0. The van der Waals surface area contributed by atoms with Crippen LogP contribution in [0.5, 0.6) is 0 Å². The first-order chi connectivity index (χ1) is 0. The zero-order valence-corrected chi connectivity index (χ0v) is 12.8. The monoisotopic (exact) mass is 364 g/mol. The Labute approximate surface area is 121 Å². The summed E-state index contributed by atoms with van der Waals surface area (Å²) in [5.74, 6) is 0. The Morgan fingerprint density at radius 3 is 0.250 bits per heavy atom. The summed E-state index contributed by atoms with van der Waals surface area (Å²) in [4.78, 5) is 0. The Balaban J connectivity index is 0. The van der Waals surface area contributed by atoms with Gasteiger partial charge in [-0.2, -0.15) is 0 Å². The molecule has 0 amide bonds. The van der Waals surface area contributed by atoms with E-state index in [0.717, 1.165) is 0 Å². The van der Waals surface area contributed by atoms with Crippen LogP contribution in [0.3, 0.4) is 0 Å². The largest absolute Gasteiger partial charge is 0.0576 e. The van der Waals surface area contributed by atoms with Gasteiger partial charge in [0.1, 0.15) is 0 Å². The van der Waals surface area contributed by atoms with Crippen LogP contribution in [0.2, 0.25) is 0 Å². The molecular weight excluding hydrogens is 352 g/mol. The van der Waals surface area contributed by atoms with Gasteiger partial charge in [-0.15, -0.1) is 0 Å². The van der Waals surface area contributed by atoms with Crippen molar-refractivity contribution in [2.24, 2.45) is 0 Å². The minimum Gasteiger partial charge on any atom is -0.0576 e. The molecule has 0 bridgehead atoms. The van der Waals surface area contributed by atoms with Gasteiger partial charge in [-0.3, -0.25) is 0 Å². The van der Waals surface area contributed by atoms with Gasteiger partial charge < -0.3 is 0 Å². The summed E-state index contributed by atoms with van der Waals surface area (Å²) in [5, 5.41) is 0. The first-order valence-corrected chi connectivity index (χ1v) is 0. The first kappa shape index (κ1) is 104. The summed E-state index contributed by atoms with van der Waals surface area (Å²) in [6, 6.07) is 0. The van der Waals surface area contributed by atoms with Crippen LogP contribution in [0.15, 0.2) is 0 Å². The fraction of sp³-hybridized carbons (Fsp3) is 0. The molecule has 0 unspecified atom stereocenters. The molecule has 64 valence electrons. The maximum atomic E-state index is 0.